The van der Waals surface area contributed by atoms with Crippen molar-refractivity contribution in [3.8, 4) is 0 Å². The van der Waals surface area contributed by atoms with Crippen molar-refractivity contribution in [2.75, 3.05) is 32.2 Å². The van der Waals surface area contributed by atoms with E-state index >= 15 is 0 Å². The van der Waals surface area contributed by atoms with E-state index in [4.69, 9.17) is 17.3 Å². The molecule has 0 aromatic carbocycles. The molecule has 1 N–H and O–H groups in total. The van der Waals surface area contributed by atoms with Crippen molar-refractivity contribution in [2.45, 2.75) is 19.8 Å². The highest BCUT2D eigenvalue weighted by molar-refractivity contribution is 8.22. The van der Waals surface area contributed by atoms with Crippen LogP contribution in [-0.4, -0.2) is 51.5 Å². The largest absolute Gasteiger partial charge is 0.395 e. The molecule has 0 aromatic rings. The number of nitrogens with zero attached hydrogens (tertiary/aromatic N) is 2. The summed E-state index contributed by atoms with van der Waals surface area (Å²) in [5, 5.41) is 8.84. The zero-order valence-electron chi connectivity index (χ0n) is 8.61. The van der Waals surface area contributed by atoms with Crippen LogP contribution in [0.4, 0.5) is 0 Å². The van der Waals surface area contributed by atoms with Crippen LogP contribution in [0.25, 0.3) is 0 Å². The molecule has 82 valence electrons. The van der Waals surface area contributed by atoms with Crippen molar-refractivity contribution in [1.29, 1.82) is 0 Å². The van der Waals surface area contributed by atoms with Gasteiger partial charge in [0.25, 0.3) is 0 Å². The predicted molar refractivity (Wildman–Crippen MR) is 65.3 cm³/mol. The average molecular weight is 234 g/mol. The van der Waals surface area contributed by atoms with E-state index in [9.17, 15) is 0 Å². The van der Waals surface area contributed by atoms with Gasteiger partial charge in [0.05, 0.1) is 19.2 Å². The Morgan fingerprint density at radius 1 is 1.50 bits per heavy atom. The van der Waals surface area contributed by atoms with E-state index < -0.39 is 0 Å². The molecule has 14 heavy (non-hydrogen) atoms. The number of thioether (sulfide) groups is 1. The molecule has 0 bridgehead atoms. The predicted octanol–water partition coefficient (Wildman–Crippen LogP) is 1.33. The second-order valence-electron chi connectivity index (χ2n) is 3.42. The Hall–Kier alpha value is 0.160. The molecule has 0 amide bonds. The molecule has 0 spiro atoms. The van der Waals surface area contributed by atoms with E-state index in [-0.39, 0.29) is 6.61 Å². The molecule has 1 aliphatic heterocycles. The first-order valence-electron chi connectivity index (χ1n) is 5.03. The summed E-state index contributed by atoms with van der Waals surface area (Å²) in [6.45, 7) is 5.09. The van der Waals surface area contributed by atoms with Crippen LogP contribution in [0.15, 0.2) is 0 Å². The van der Waals surface area contributed by atoms with E-state index in [0.717, 1.165) is 30.0 Å². The molecule has 1 fully saturated rings. The quantitative estimate of drug-likeness (QED) is 0.724. The fraction of sp³-hybridized carbons (Fsp3) is 0.889. The van der Waals surface area contributed by atoms with Gasteiger partial charge in [-0.25, -0.2) is 0 Å². The van der Waals surface area contributed by atoms with Crippen molar-refractivity contribution in [2.24, 2.45) is 0 Å². The summed E-state index contributed by atoms with van der Waals surface area (Å²) in [5.41, 5.74) is 0. The monoisotopic (exact) mass is 234 g/mol. The van der Waals surface area contributed by atoms with Gasteiger partial charge in [0, 0.05) is 13.1 Å². The first-order valence-corrected chi connectivity index (χ1v) is 6.42. The maximum absolute atomic E-state index is 8.84. The van der Waals surface area contributed by atoms with Crippen molar-refractivity contribution in [1.82, 2.24) is 9.80 Å². The lowest BCUT2D eigenvalue weighted by molar-refractivity contribution is 0.166. The second-order valence-corrected chi connectivity index (χ2v) is 4.99. The Kier molecular flexibility index (Phi) is 5.77. The van der Waals surface area contributed by atoms with E-state index in [2.05, 4.69) is 16.7 Å². The number of rotatable bonds is 5. The molecule has 1 saturated heterocycles. The molecular formula is C9H18N2OS2. The van der Waals surface area contributed by atoms with Gasteiger partial charge >= 0.3 is 0 Å². The number of hydrogen-bond donors (Lipinski definition) is 1. The zero-order chi connectivity index (χ0) is 10.4. The fourth-order valence-corrected chi connectivity index (χ4v) is 2.51. The molecule has 0 aliphatic carbocycles. The third-order valence-electron chi connectivity index (χ3n) is 2.20. The minimum Gasteiger partial charge on any atom is -0.395 e. The van der Waals surface area contributed by atoms with E-state index in [0.29, 0.717) is 0 Å². The van der Waals surface area contributed by atoms with Crippen molar-refractivity contribution < 1.29 is 5.11 Å². The molecule has 0 saturated carbocycles. The minimum absolute atomic E-state index is 0.231. The molecule has 3 nitrogen and oxygen atoms in total. The third-order valence-corrected chi connectivity index (χ3v) is 3.81. The maximum atomic E-state index is 8.84. The van der Waals surface area contributed by atoms with Crippen molar-refractivity contribution in [3.05, 3.63) is 0 Å². The highest BCUT2D eigenvalue weighted by Gasteiger charge is 2.20. The summed E-state index contributed by atoms with van der Waals surface area (Å²) in [5.74, 6) is 0.919. The summed E-state index contributed by atoms with van der Waals surface area (Å²) in [7, 11) is 0. The van der Waals surface area contributed by atoms with E-state index in [1.807, 2.05) is 0 Å². The molecule has 0 radical (unpaired) electrons. The number of aliphatic hydroxyl groups excluding tert-OH is 1. The number of β-amino-alcohol motifs (C(OH)–C–C–N with tert-alkyl or cyclic N) is 1. The standard InChI is InChI=1S/C9H18N2OS2/c1-2-3-4-11-7-10(5-6-12)8-14-9(11)13/h12H,2-8H2,1H3. The van der Waals surface area contributed by atoms with Crippen molar-refractivity contribution in [3.63, 3.8) is 0 Å². The second kappa shape index (κ2) is 6.61. The Bertz CT molecular complexity index is 190. The molecule has 0 aromatic heterocycles. The third kappa shape index (κ3) is 3.73. The fourth-order valence-electron chi connectivity index (χ4n) is 1.37. The molecule has 1 rings (SSSR count). The lowest BCUT2D eigenvalue weighted by Gasteiger charge is -2.36. The summed E-state index contributed by atoms with van der Waals surface area (Å²) >= 11 is 6.97. The van der Waals surface area contributed by atoms with E-state index in [1.54, 1.807) is 11.8 Å². The number of aliphatic hydroxyl groups is 1. The summed E-state index contributed by atoms with van der Waals surface area (Å²) < 4.78 is 1.01. The lowest BCUT2D eigenvalue weighted by atomic mass is 10.3. The molecule has 5 heteroatoms. The molecular weight excluding hydrogens is 216 g/mol. The Balaban J connectivity index is 2.34. The van der Waals surface area contributed by atoms with Crippen LogP contribution in [0.2, 0.25) is 0 Å². The number of unbranched alkanes of at least 4 members (excludes halogenated alkanes) is 1. The van der Waals surface area contributed by atoms with Gasteiger partial charge in [-0.05, 0) is 6.42 Å². The summed E-state index contributed by atoms with van der Waals surface area (Å²) in [4.78, 5) is 4.44. The number of hydrogen-bond acceptors (Lipinski definition) is 4. The molecule has 0 unspecified atom stereocenters. The van der Waals surface area contributed by atoms with Crippen LogP contribution in [-0.2, 0) is 0 Å². The van der Waals surface area contributed by atoms with Gasteiger partial charge in [-0.2, -0.15) is 0 Å². The Morgan fingerprint density at radius 3 is 2.93 bits per heavy atom. The minimum atomic E-state index is 0.231. The van der Waals surface area contributed by atoms with Crippen LogP contribution < -0.4 is 0 Å². The van der Waals surface area contributed by atoms with Gasteiger partial charge in [-0.15, -0.1) is 0 Å². The van der Waals surface area contributed by atoms with Gasteiger partial charge in [-0.1, -0.05) is 37.3 Å². The molecule has 1 heterocycles. The van der Waals surface area contributed by atoms with Gasteiger partial charge in [0.2, 0.25) is 0 Å². The lowest BCUT2D eigenvalue weighted by Crippen LogP contribution is -2.45. The van der Waals surface area contributed by atoms with Gasteiger partial charge in [0.1, 0.15) is 4.32 Å². The highest BCUT2D eigenvalue weighted by Crippen LogP contribution is 2.18. The van der Waals surface area contributed by atoms with E-state index in [1.165, 1.54) is 12.8 Å². The molecule has 1 aliphatic rings. The van der Waals surface area contributed by atoms with Gasteiger partial charge < -0.3 is 10.0 Å². The first-order chi connectivity index (χ1) is 6.77. The normalized spacial score (nSPS) is 19.0. The first kappa shape index (κ1) is 12.2. The Labute approximate surface area is 95.4 Å². The van der Waals surface area contributed by atoms with Crippen LogP contribution in [0, 0.1) is 0 Å². The average Bonchev–Trinajstić information content (AvgIpc) is 2.19. The summed E-state index contributed by atoms with van der Waals surface area (Å²) in [6, 6.07) is 0. The Morgan fingerprint density at radius 2 is 2.29 bits per heavy atom. The zero-order valence-corrected chi connectivity index (χ0v) is 10.2. The SMILES string of the molecule is CCCCN1CN(CCO)CSC1=S. The van der Waals surface area contributed by atoms with Gasteiger partial charge in [0.15, 0.2) is 0 Å². The van der Waals surface area contributed by atoms with Crippen LogP contribution in [0.1, 0.15) is 19.8 Å². The highest BCUT2D eigenvalue weighted by atomic mass is 32.2. The van der Waals surface area contributed by atoms with Gasteiger partial charge in [-0.3, -0.25) is 4.90 Å². The molecule has 0 atom stereocenters. The smallest absolute Gasteiger partial charge is 0.138 e. The van der Waals surface area contributed by atoms with Crippen LogP contribution in [0.5, 0.6) is 0 Å². The van der Waals surface area contributed by atoms with Crippen LogP contribution >= 0.6 is 24.0 Å². The summed E-state index contributed by atoms with van der Waals surface area (Å²) in [6.07, 6.45) is 2.39. The maximum Gasteiger partial charge on any atom is 0.138 e. The van der Waals surface area contributed by atoms with Crippen molar-refractivity contribution >= 4 is 28.3 Å². The topological polar surface area (TPSA) is 26.7 Å². The number of thiocarbonyl (C=S) groups is 1. The van der Waals surface area contributed by atoms with Crippen LogP contribution in [0.3, 0.4) is 0 Å².